The van der Waals surface area contributed by atoms with Gasteiger partial charge in [-0.1, -0.05) is 66.7 Å². The van der Waals surface area contributed by atoms with E-state index in [1.807, 2.05) is 66.7 Å². The van der Waals surface area contributed by atoms with Crippen LogP contribution in [-0.4, -0.2) is 30.1 Å². The lowest BCUT2D eigenvalue weighted by Crippen LogP contribution is -2.22. The van der Waals surface area contributed by atoms with Crippen molar-refractivity contribution in [2.45, 2.75) is 25.7 Å². The summed E-state index contributed by atoms with van der Waals surface area (Å²) in [7, 11) is 0. The van der Waals surface area contributed by atoms with E-state index < -0.39 is 11.8 Å². The van der Waals surface area contributed by atoms with Crippen molar-refractivity contribution in [3.8, 4) is 0 Å². The second kappa shape index (κ2) is 10.3. The molecule has 3 aromatic rings. The van der Waals surface area contributed by atoms with Crippen LogP contribution in [-0.2, 0) is 19.1 Å². The highest BCUT2D eigenvalue weighted by atomic mass is 16.5. The zero-order valence-corrected chi connectivity index (χ0v) is 17.2. The monoisotopic (exact) mass is 403 g/mol. The van der Waals surface area contributed by atoms with Crippen molar-refractivity contribution < 1.29 is 19.1 Å². The van der Waals surface area contributed by atoms with Crippen LogP contribution < -0.4 is 0 Å². The molecule has 5 heteroatoms. The molecular formula is C25H25NO4. The molecule has 0 saturated heterocycles. The van der Waals surface area contributed by atoms with E-state index >= 15 is 0 Å². The summed E-state index contributed by atoms with van der Waals surface area (Å²) in [5.74, 6) is -2.10. The largest absolute Gasteiger partial charge is 0.465 e. The van der Waals surface area contributed by atoms with Crippen LogP contribution in [0.15, 0.2) is 78.9 Å². The Morgan fingerprint density at radius 3 is 1.43 bits per heavy atom. The van der Waals surface area contributed by atoms with Crippen molar-refractivity contribution in [3.63, 3.8) is 0 Å². The third-order valence-electron chi connectivity index (χ3n) is 4.69. The summed E-state index contributed by atoms with van der Waals surface area (Å²) < 4.78 is 10.6. The number of carbonyl (C=O) groups excluding carboxylic acids is 2. The SMILES string of the molecule is CCOC(=O)[C@H](c1ccccc1)c1cccc([C@H](C(=O)OCC)c2ccccc2)n1. The number of hydrogen-bond acceptors (Lipinski definition) is 5. The third-order valence-corrected chi connectivity index (χ3v) is 4.69. The summed E-state index contributed by atoms with van der Waals surface area (Å²) in [6.45, 7) is 4.10. The number of ether oxygens (including phenoxy) is 2. The normalized spacial score (nSPS) is 12.6. The van der Waals surface area contributed by atoms with Gasteiger partial charge in [0.25, 0.3) is 0 Å². The summed E-state index contributed by atoms with van der Waals surface area (Å²) in [4.78, 5) is 30.3. The van der Waals surface area contributed by atoms with Crippen molar-refractivity contribution in [2.75, 3.05) is 13.2 Å². The van der Waals surface area contributed by atoms with E-state index in [9.17, 15) is 9.59 Å². The zero-order chi connectivity index (χ0) is 21.3. The van der Waals surface area contributed by atoms with Crippen LogP contribution >= 0.6 is 0 Å². The number of carbonyl (C=O) groups is 2. The molecule has 0 fully saturated rings. The van der Waals surface area contributed by atoms with Gasteiger partial charge in [-0.25, -0.2) is 0 Å². The van der Waals surface area contributed by atoms with Gasteiger partial charge in [-0.05, 0) is 37.1 Å². The molecule has 0 spiro atoms. The lowest BCUT2D eigenvalue weighted by atomic mass is 9.92. The summed E-state index contributed by atoms with van der Waals surface area (Å²) in [5.41, 5.74) is 2.63. The Hall–Kier alpha value is -3.47. The third kappa shape index (κ3) is 4.92. The highest BCUT2D eigenvalue weighted by Gasteiger charge is 2.29. The number of pyridine rings is 1. The number of hydrogen-bond donors (Lipinski definition) is 0. The van der Waals surface area contributed by atoms with Gasteiger partial charge in [-0.2, -0.15) is 0 Å². The Morgan fingerprint density at radius 2 is 1.07 bits per heavy atom. The molecule has 3 rings (SSSR count). The van der Waals surface area contributed by atoms with Gasteiger partial charge >= 0.3 is 11.9 Å². The minimum absolute atomic E-state index is 0.275. The molecule has 2 aromatic carbocycles. The second-order valence-corrected chi connectivity index (χ2v) is 6.68. The van der Waals surface area contributed by atoms with Crippen LogP contribution in [0, 0.1) is 0 Å². The van der Waals surface area contributed by atoms with Gasteiger partial charge < -0.3 is 9.47 Å². The van der Waals surface area contributed by atoms with Gasteiger partial charge in [0.05, 0.1) is 24.6 Å². The Bertz CT molecular complexity index is 896. The predicted octanol–water partition coefficient (Wildman–Crippen LogP) is 4.47. The van der Waals surface area contributed by atoms with Gasteiger partial charge in [0.1, 0.15) is 11.8 Å². The molecule has 0 bridgehead atoms. The zero-order valence-electron chi connectivity index (χ0n) is 17.2. The number of esters is 2. The van der Waals surface area contributed by atoms with Gasteiger partial charge in [0, 0.05) is 0 Å². The van der Waals surface area contributed by atoms with Crippen LogP contribution in [0.3, 0.4) is 0 Å². The van der Waals surface area contributed by atoms with Crippen LogP contribution in [0.4, 0.5) is 0 Å². The molecule has 154 valence electrons. The molecule has 0 aliphatic rings. The number of benzene rings is 2. The topological polar surface area (TPSA) is 65.5 Å². The Balaban J connectivity index is 2.07. The van der Waals surface area contributed by atoms with Crippen molar-refractivity contribution in [1.82, 2.24) is 4.98 Å². The predicted molar refractivity (Wildman–Crippen MR) is 114 cm³/mol. The lowest BCUT2D eigenvalue weighted by Gasteiger charge is -2.19. The molecule has 1 aromatic heterocycles. The maximum absolute atomic E-state index is 12.8. The number of nitrogens with zero attached hydrogens (tertiary/aromatic N) is 1. The average Bonchev–Trinajstić information content (AvgIpc) is 2.76. The highest BCUT2D eigenvalue weighted by Crippen LogP contribution is 2.29. The summed E-state index contributed by atoms with van der Waals surface area (Å²) >= 11 is 0. The Kier molecular flexibility index (Phi) is 7.33. The van der Waals surface area contributed by atoms with Gasteiger partial charge in [0.15, 0.2) is 0 Å². The van der Waals surface area contributed by atoms with E-state index in [-0.39, 0.29) is 25.2 Å². The molecule has 0 saturated carbocycles. The quantitative estimate of drug-likeness (QED) is 0.519. The van der Waals surface area contributed by atoms with Crippen LogP contribution in [0.5, 0.6) is 0 Å². The van der Waals surface area contributed by atoms with Crippen molar-refractivity contribution in [1.29, 1.82) is 0 Å². The molecule has 0 aliphatic carbocycles. The van der Waals surface area contributed by atoms with Crippen LogP contribution in [0.25, 0.3) is 0 Å². The summed E-state index contributed by atoms with van der Waals surface area (Å²) in [5, 5.41) is 0. The van der Waals surface area contributed by atoms with Crippen LogP contribution in [0.2, 0.25) is 0 Å². The number of rotatable bonds is 8. The fourth-order valence-corrected chi connectivity index (χ4v) is 3.39. The Morgan fingerprint density at radius 1 is 0.667 bits per heavy atom. The molecule has 0 unspecified atom stereocenters. The van der Waals surface area contributed by atoms with Crippen molar-refractivity contribution >= 4 is 11.9 Å². The first-order valence-corrected chi connectivity index (χ1v) is 10.1. The molecular weight excluding hydrogens is 378 g/mol. The first kappa shape index (κ1) is 21.2. The minimum atomic E-state index is -0.676. The molecule has 0 radical (unpaired) electrons. The molecule has 30 heavy (non-hydrogen) atoms. The van der Waals surface area contributed by atoms with E-state index in [1.54, 1.807) is 26.0 Å². The van der Waals surface area contributed by atoms with E-state index in [0.717, 1.165) is 11.1 Å². The van der Waals surface area contributed by atoms with Gasteiger partial charge in [-0.15, -0.1) is 0 Å². The smallest absolute Gasteiger partial charge is 0.319 e. The average molecular weight is 403 g/mol. The molecule has 0 aliphatic heterocycles. The molecule has 0 amide bonds. The molecule has 1 heterocycles. The fraction of sp³-hybridized carbons (Fsp3) is 0.240. The number of aromatic nitrogens is 1. The molecule has 5 nitrogen and oxygen atoms in total. The Labute approximate surface area is 176 Å². The summed E-state index contributed by atoms with van der Waals surface area (Å²) in [6, 6.07) is 24.1. The van der Waals surface area contributed by atoms with E-state index in [4.69, 9.17) is 14.5 Å². The highest BCUT2D eigenvalue weighted by molar-refractivity contribution is 5.83. The van der Waals surface area contributed by atoms with Gasteiger partial charge in [-0.3, -0.25) is 14.6 Å². The van der Waals surface area contributed by atoms with E-state index in [0.29, 0.717) is 11.4 Å². The van der Waals surface area contributed by atoms with Crippen molar-refractivity contribution in [2.24, 2.45) is 0 Å². The fourth-order valence-electron chi connectivity index (χ4n) is 3.39. The van der Waals surface area contributed by atoms with Crippen LogP contribution in [0.1, 0.15) is 48.2 Å². The minimum Gasteiger partial charge on any atom is -0.465 e. The standard InChI is InChI=1S/C25H25NO4/c1-3-29-24(27)22(18-12-7-5-8-13-18)20-16-11-17-21(26-20)23(25(28)30-4-2)19-14-9-6-10-15-19/h5-17,22-23H,3-4H2,1-2H3/t22-,23-/m1/s1. The van der Waals surface area contributed by atoms with E-state index in [1.165, 1.54) is 0 Å². The molecule has 2 atom stereocenters. The molecule has 0 N–H and O–H groups in total. The second-order valence-electron chi connectivity index (χ2n) is 6.68. The maximum Gasteiger partial charge on any atom is 0.319 e. The van der Waals surface area contributed by atoms with Crippen molar-refractivity contribution in [3.05, 3.63) is 101 Å². The lowest BCUT2D eigenvalue weighted by molar-refractivity contribution is -0.144. The first-order chi connectivity index (χ1) is 14.7. The maximum atomic E-state index is 12.8. The van der Waals surface area contributed by atoms with E-state index in [2.05, 4.69) is 0 Å². The summed E-state index contributed by atoms with van der Waals surface area (Å²) in [6.07, 6.45) is 0. The van der Waals surface area contributed by atoms with Gasteiger partial charge in [0.2, 0.25) is 0 Å². The first-order valence-electron chi connectivity index (χ1n) is 10.1.